The van der Waals surface area contributed by atoms with Crippen molar-refractivity contribution in [2.75, 3.05) is 18.5 Å². The fourth-order valence-corrected chi connectivity index (χ4v) is 3.00. The van der Waals surface area contributed by atoms with Gasteiger partial charge in [-0.15, -0.1) is 0 Å². The summed E-state index contributed by atoms with van der Waals surface area (Å²) < 4.78 is 16.5. The van der Waals surface area contributed by atoms with E-state index >= 15 is 0 Å². The predicted molar refractivity (Wildman–Crippen MR) is 101 cm³/mol. The van der Waals surface area contributed by atoms with Crippen molar-refractivity contribution < 1.29 is 18.8 Å². The fourth-order valence-electron chi connectivity index (χ4n) is 2.83. The number of aromatic nitrogens is 1. The number of carbonyl (C=O) groups excluding carboxylic acids is 1. The van der Waals surface area contributed by atoms with Gasteiger partial charge in [-0.05, 0) is 42.8 Å². The van der Waals surface area contributed by atoms with Gasteiger partial charge in [0.05, 0.1) is 12.1 Å². The number of fused-ring (bicyclic) bond motifs is 1. The zero-order chi connectivity index (χ0) is 18.8. The Balaban J connectivity index is 1.46. The summed E-state index contributed by atoms with van der Waals surface area (Å²) in [4.78, 5) is 12.3. The number of rotatable bonds is 4. The third kappa shape index (κ3) is 3.75. The third-order valence-corrected chi connectivity index (χ3v) is 4.68. The van der Waals surface area contributed by atoms with E-state index in [4.69, 9.17) is 25.6 Å². The fraction of sp³-hybridized carbons (Fsp3) is 0.200. The molecule has 3 aromatic rings. The first kappa shape index (κ1) is 17.4. The van der Waals surface area contributed by atoms with Crippen molar-refractivity contribution in [3.05, 3.63) is 58.7 Å². The largest absolute Gasteiger partial charge is 0.486 e. The molecule has 0 fully saturated rings. The van der Waals surface area contributed by atoms with E-state index < -0.39 is 0 Å². The van der Waals surface area contributed by atoms with Gasteiger partial charge in [-0.1, -0.05) is 22.8 Å². The first-order chi connectivity index (χ1) is 13.1. The standard InChI is InChI=1S/C20H17ClN2O4/c1-12-15(21)3-2-4-16(12)22-20(24)11-14-10-18(27-23-14)13-5-6-17-19(9-13)26-8-7-25-17/h2-6,9-10H,7-8,11H2,1H3,(H,22,24). The van der Waals surface area contributed by atoms with Crippen molar-refractivity contribution in [2.24, 2.45) is 0 Å². The molecule has 138 valence electrons. The Morgan fingerprint density at radius 2 is 1.96 bits per heavy atom. The number of hydrogen-bond acceptors (Lipinski definition) is 5. The molecule has 0 radical (unpaired) electrons. The van der Waals surface area contributed by atoms with E-state index in [-0.39, 0.29) is 12.3 Å². The second kappa shape index (κ2) is 7.32. The lowest BCUT2D eigenvalue weighted by Gasteiger charge is -2.18. The molecule has 2 heterocycles. The predicted octanol–water partition coefficient (Wildman–Crippen LogP) is 4.26. The second-order valence-corrected chi connectivity index (χ2v) is 6.59. The lowest BCUT2D eigenvalue weighted by atomic mass is 10.1. The van der Waals surface area contributed by atoms with Crippen LogP contribution in [0.15, 0.2) is 47.0 Å². The van der Waals surface area contributed by atoms with E-state index in [1.807, 2.05) is 31.2 Å². The molecule has 0 saturated heterocycles. The van der Waals surface area contributed by atoms with Crippen molar-refractivity contribution in [1.29, 1.82) is 0 Å². The Kier molecular flexibility index (Phi) is 4.73. The van der Waals surface area contributed by atoms with Crippen LogP contribution in [0.2, 0.25) is 5.02 Å². The Morgan fingerprint density at radius 1 is 1.15 bits per heavy atom. The number of nitrogens with one attached hydrogen (secondary N) is 1. The van der Waals surface area contributed by atoms with Gasteiger partial charge in [0.1, 0.15) is 13.2 Å². The molecular formula is C20H17ClN2O4. The molecule has 0 atom stereocenters. The molecule has 4 rings (SSSR count). The number of ether oxygens (including phenoxy) is 2. The number of hydrogen-bond donors (Lipinski definition) is 1. The van der Waals surface area contributed by atoms with Gasteiger partial charge < -0.3 is 19.3 Å². The van der Waals surface area contributed by atoms with Gasteiger partial charge in [0.25, 0.3) is 0 Å². The number of benzene rings is 2. The first-order valence-electron chi connectivity index (χ1n) is 8.51. The van der Waals surface area contributed by atoms with Crippen LogP contribution >= 0.6 is 11.6 Å². The molecule has 7 heteroatoms. The summed E-state index contributed by atoms with van der Waals surface area (Å²) in [5.41, 5.74) is 2.86. The highest BCUT2D eigenvalue weighted by Gasteiger charge is 2.16. The SMILES string of the molecule is Cc1c(Cl)cccc1NC(=O)Cc1cc(-c2ccc3c(c2)OCCO3)on1. The minimum Gasteiger partial charge on any atom is -0.486 e. The molecule has 1 aliphatic heterocycles. The van der Waals surface area contributed by atoms with E-state index in [0.717, 1.165) is 11.1 Å². The summed E-state index contributed by atoms with van der Waals surface area (Å²) >= 11 is 6.08. The topological polar surface area (TPSA) is 73.6 Å². The lowest BCUT2D eigenvalue weighted by molar-refractivity contribution is -0.115. The van der Waals surface area contributed by atoms with Crippen LogP contribution < -0.4 is 14.8 Å². The van der Waals surface area contributed by atoms with E-state index in [9.17, 15) is 4.79 Å². The van der Waals surface area contributed by atoms with Crippen LogP contribution in [-0.2, 0) is 11.2 Å². The van der Waals surface area contributed by atoms with Crippen LogP contribution in [0, 0.1) is 6.92 Å². The summed E-state index contributed by atoms with van der Waals surface area (Å²) in [7, 11) is 0. The zero-order valence-corrected chi connectivity index (χ0v) is 15.4. The normalized spacial score (nSPS) is 12.7. The smallest absolute Gasteiger partial charge is 0.230 e. The number of nitrogens with zero attached hydrogens (tertiary/aromatic N) is 1. The van der Waals surface area contributed by atoms with Crippen LogP contribution in [0.5, 0.6) is 11.5 Å². The number of amides is 1. The quantitative estimate of drug-likeness (QED) is 0.727. The summed E-state index contributed by atoms with van der Waals surface area (Å²) in [5.74, 6) is 1.75. The molecule has 0 bridgehead atoms. The maximum absolute atomic E-state index is 12.3. The van der Waals surface area contributed by atoms with E-state index in [1.54, 1.807) is 18.2 Å². The highest BCUT2D eigenvalue weighted by atomic mass is 35.5. The average Bonchev–Trinajstić information content (AvgIpc) is 3.13. The molecule has 2 aromatic carbocycles. The Morgan fingerprint density at radius 3 is 2.81 bits per heavy atom. The van der Waals surface area contributed by atoms with E-state index in [1.165, 1.54) is 0 Å². The Labute approximate surface area is 161 Å². The molecule has 0 saturated carbocycles. The summed E-state index contributed by atoms with van der Waals surface area (Å²) in [6.45, 7) is 2.91. The maximum atomic E-state index is 12.3. The molecule has 0 aliphatic carbocycles. The Bertz CT molecular complexity index is 999. The van der Waals surface area contributed by atoms with Crippen LogP contribution in [-0.4, -0.2) is 24.3 Å². The molecule has 1 aromatic heterocycles. The molecule has 0 spiro atoms. The van der Waals surface area contributed by atoms with Gasteiger partial charge in [-0.2, -0.15) is 0 Å². The monoisotopic (exact) mass is 384 g/mol. The van der Waals surface area contributed by atoms with Gasteiger partial charge in [0.15, 0.2) is 17.3 Å². The minimum absolute atomic E-state index is 0.0972. The van der Waals surface area contributed by atoms with Gasteiger partial charge >= 0.3 is 0 Å². The van der Waals surface area contributed by atoms with Crippen molar-refractivity contribution in [3.8, 4) is 22.8 Å². The molecule has 0 unspecified atom stereocenters. The lowest BCUT2D eigenvalue weighted by Crippen LogP contribution is -2.15. The van der Waals surface area contributed by atoms with Crippen molar-refractivity contribution >= 4 is 23.2 Å². The summed E-state index contributed by atoms with van der Waals surface area (Å²) in [6, 6.07) is 12.7. The van der Waals surface area contributed by atoms with Crippen molar-refractivity contribution in [1.82, 2.24) is 5.16 Å². The van der Waals surface area contributed by atoms with Crippen LogP contribution in [0.4, 0.5) is 5.69 Å². The molecule has 1 aliphatic rings. The summed E-state index contributed by atoms with van der Waals surface area (Å²) in [6.07, 6.45) is 0.0972. The van der Waals surface area contributed by atoms with E-state index in [2.05, 4.69) is 10.5 Å². The van der Waals surface area contributed by atoms with E-state index in [0.29, 0.717) is 46.9 Å². The molecule has 6 nitrogen and oxygen atoms in total. The van der Waals surface area contributed by atoms with Crippen LogP contribution in [0.1, 0.15) is 11.3 Å². The van der Waals surface area contributed by atoms with Gasteiger partial charge in [-0.3, -0.25) is 4.79 Å². The van der Waals surface area contributed by atoms with Crippen LogP contribution in [0.3, 0.4) is 0 Å². The second-order valence-electron chi connectivity index (χ2n) is 6.18. The van der Waals surface area contributed by atoms with Gasteiger partial charge in [0.2, 0.25) is 5.91 Å². The number of halogens is 1. The molecule has 1 amide bonds. The van der Waals surface area contributed by atoms with Crippen molar-refractivity contribution in [3.63, 3.8) is 0 Å². The van der Waals surface area contributed by atoms with Gasteiger partial charge in [-0.25, -0.2) is 0 Å². The third-order valence-electron chi connectivity index (χ3n) is 4.27. The zero-order valence-electron chi connectivity index (χ0n) is 14.6. The number of anilines is 1. The molecular weight excluding hydrogens is 368 g/mol. The van der Waals surface area contributed by atoms with Crippen molar-refractivity contribution in [2.45, 2.75) is 13.3 Å². The minimum atomic E-state index is -0.192. The highest BCUT2D eigenvalue weighted by Crippen LogP contribution is 2.34. The maximum Gasteiger partial charge on any atom is 0.230 e. The molecule has 27 heavy (non-hydrogen) atoms. The molecule has 1 N–H and O–H groups in total. The van der Waals surface area contributed by atoms with Gasteiger partial charge in [0, 0.05) is 22.3 Å². The average molecular weight is 385 g/mol. The number of carbonyl (C=O) groups is 1. The Hall–Kier alpha value is -2.99. The first-order valence-corrected chi connectivity index (χ1v) is 8.88. The summed E-state index contributed by atoms with van der Waals surface area (Å²) in [5, 5.41) is 7.45. The van der Waals surface area contributed by atoms with Crippen LogP contribution in [0.25, 0.3) is 11.3 Å². The highest BCUT2D eigenvalue weighted by molar-refractivity contribution is 6.31.